The van der Waals surface area contributed by atoms with E-state index in [-0.39, 0.29) is 0 Å². The Hall–Kier alpha value is -0.0400. The topological polar surface area (TPSA) is 26.0 Å². The normalized spacial score (nSPS) is 7.64. The van der Waals surface area contributed by atoms with Crippen LogP contribution in [-0.2, 0) is 0 Å². The maximum atomic E-state index is 5.03. The number of nitrogens with two attached hydrogens (primary N) is 1. The van der Waals surface area contributed by atoms with E-state index in [2.05, 4.69) is 41.5 Å². The van der Waals surface area contributed by atoms with E-state index in [4.69, 9.17) is 5.73 Å². The van der Waals surface area contributed by atoms with Gasteiger partial charge in [0.25, 0.3) is 0 Å². The smallest absolute Gasteiger partial charge is 0.00799 e. The Labute approximate surface area is 73.4 Å². The predicted molar refractivity (Wildman–Crippen MR) is 55.8 cm³/mol. The first-order valence-electron chi connectivity index (χ1n) is 4.76. The van der Waals surface area contributed by atoms with E-state index in [0.717, 1.165) is 18.9 Å². The molecule has 0 unspecified atom stereocenters. The van der Waals surface area contributed by atoms with Gasteiger partial charge in [0.1, 0.15) is 0 Å². The standard InChI is InChI=1S/C4H10.C3H9N.C3H8/c1-4(2)3;1-2-3-4;1-3-2/h4H,1-3H3;2-4H2,1H3;3H2,1-2H3. The third-order valence-corrected chi connectivity index (χ3v) is 0.289. The van der Waals surface area contributed by atoms with Crippen molar-refractivity contribution in [1.82, 2.24) is 0 Å². The molecule has 0 heterocycles. The molecule has 2 N–H and O–H groups in total. The van der Waals surface area contributed by atoms with Crippen molar-refractivity contribution in [3.05, 3.63) is 0 Å². The maximum Gasteiger partial charge on any atom is -0.00799 e. The molecule has 0 radical (unpaired) electrons. The van der Waals surface area contributed by atoms with Gasteiger partial charge in [-0.2, -0.15) is 0 Å². The summed E-state index contributed by atoms with van der Waals surface area (Å²) in [6, 6.07) is 0. The molecule has 72 valence electrons. The van der Waals surface area contributed by atoms with Crippen LogP contribution in [0.1, 0.15) is 54.4 Å². The zero-order chi connectivity index (χ0) is 9.70. The van der Waals surface area contributed by atoms with Gasteiger partial charge in [-0.05, 0) is 18.9 Å². The van der Waals surface area contributed by atoms with Crippen LogP contribution in [0.15, 0.2) is 0 Å². The molecule has 0 aromatic carbocycles. The second-order valence-electron chi connectivity index (χ2n) is 3.23. The van der Waals surface area contributed by atoms with Crippen LogP contribution in [0.2, 0.25) is 0 Å². The third-order valence-electron chi connectivity index (χ3n) is 0.289. The van der Waals surface area contributed by atoms with Gasteiger partial charge in [0.05, 0.1) is 0 Å². The minimum absolute atomic E-state index is 0.819. The van der Waals surface area contributed by atoms with Crippen LogP contribution in [0, 0.1) is 5.92 Å². The minimum atomic E-state index is 0.819. The highest BCUT2D eigenvalue weighted by atomic mass is 14.5. The average molecular weight is 161 g/mol. The van der Waals surface area contributed by atoms with Crippen LogP contribution in [0.4, 0.5) is 0 Å². The lowest BCUT2D eigenvalue weighted by molar-refractivity contribution is 0.737. The SMILES string of the molecule is CC(C)C.CCC.CCCN. The van der Waals surface area contributed by atoms with Crippen molar-refractivity contribution in [2.45, 2.75) is 54.4 Å². The van der Waals surface area contributed by atoms with E-state index in [1.54, 1.807) is 0 Å². The van der Waals surface area contributed by atoms with Crippen LogP contribution in [0.25, 0.3) is 0 Å². The summed E-state index contributed by atoms with van der Waals surface area (Å²) in [6.07, 6.45) is 2.35. The second-order valence-corrected chi connectivity index (χ2v) is 3.23. The first kappa shape index (κ1) is 17.2. The number of hydrogen-bond acceptors (Lipinski definition) is 1. The molecule has 0 aromatic rings. The molecule has 11 heavy (non-hydrogen) atoms. The molecule has 0 bridgehead atoms. The molecular weight excluding hydrogens is 134 g/mol. The Balaban J connectivity index is -0.0000000886. The van der Waals surface area contributed by atoms with Crippen molar-refractivity contribution in [2.24, 2.45) is 11.7 Å². The van der Waals surface area contributed by atoms with Gasteiger partial charge in [-0.1, -0.05) is 48.0 Å². The van der Waals surface area contributed by atoms with Crippen molar-refractivity contribution in [3.63, 3.8) is 0 Å². The van der Waals surface area contributed by atoms with Crippen LogP contribution >= 0.6 is 0 Å². The zero-order valence-corrected chi connectivity index (χ0v) is 9.28. The summed E-state index contributed by atoms with van der Waals surface area (Å²) in [5.74, 6) is 0.833. The maximum absolute atomic E-state index is 5.03. The van der Waals surface area contributed by atoms with Crippen molar-refractivity contribution >= 4 is 0 Å². The van der Waals surface area contributed by atoms with Gasteiger partial charge in [0.2, 0.25) is 0 Å². The van der Waals surface area contributed by atoms with Gasteiger partial charge in [-0.15, -0.1) is 0 Å². The highest BCUT2D eigenvalue weighted by Crippen LogP contribution is 1.81. The van der Waals surface area contributed by atoms with Crippen molar-refractivity contribution < 1.29 is 0 Å². The molecule has 0 amide bonds. The highest BCUT2D eigenvalue weighted by molar-refractivity contribution is 4.20. The molecule has 0 saturated heterocycles. The first-order chi connectivity index (χ1) is 5.06. The van der Waals surface area contributed by atoms with E-state index in [1.807, 2.05) is 0 Å². The zero-order valence-electron chi connectivity index (χ0n) is 9.28. The van der Waals surface area contributed by atoms with Gasteiger partial charge in [-0.3, -0.25) is 0 Å². The molecule has 0 fully saturated rings. The average Bonchev–Trinajstić information content (AvgIpc) is 1.88. The Morgan fingerprint density at radius 1 is 1.00 bits per heavy atom. The largest absolute Gasteiger partial charge is 0.330 e. The summed E-state index contributed by atoms with van der Waals surface area (Å²) in [5.41, 5.74) is 5.03. The lowest BCUT2D eigenvalue weighted by atomic mass is 10.3. The molecule has 0 aromatic heterocycles. The van der Waals surface area contributed by atoms with Crippen LogP contribution < -0.4 is 5.73 Å². The Kier molecular flexibility index (Phi) is 35.1. The fourth-order valence-electron chi connectivity index (χ4n) is 0. The summed E-state index contributed by atoms with van der Waals surface area (Å²) in [5, 5.41) is 0. The lowest BCUT2D eigenvalue weighted by Gasteiger charge is -1.79. The van der Waals surface area contributed by atoms with E-state index in [9.17, 15) is 0 Å². The molecule has 1 heteroatoms. The molecule has 0 aliphatic heterocycles. The minimum Gasteiger partial charge on any atom is -0.330 e. The third kappa shape index (κ3) is 685. The molecule has 0 aliphatic rings. The van der Waals surface area contributed by atoms with Gasteiger partial charge in [-0.25, -0.2) is 0 Å². The summed E-state index contributed by atoms with van der Waals surface area (Å²) in [4.78, 5) is 0. The predicted octanol–water partition coefficient (Wildman–Crippen LogP) is 3.43. The summed E-state index contributed by atoms with van der Waals surface area (Å²) in [6.45, 7) is 13.6. The monoisotopic (exact) mass is 161 g/mol. The van der Waals surface area contributed by atoms with Crippen molar-refractivity contribution in [3.8, 4) is 0 Å². The van der Waals surface area contributed by atoms with Crippen LogP contribution in [0.5, 0.6) is 0 Å². The van der Waals surface area contributed by atoms with Crippen LogP contribution in [-0.4, -0.2) is 6.54 Å². The summed E-state index contributed by atoms with van der Waals surface area (Å²) in [7, 11) is 0. The Bertz CT molecular complexity index is 29.1. The van der Waals surface area contributed by atoms with Crippen LogP contribution in [0.3, 0.4) is 0 Å². The fourth-order valence-corrected chi connectivity index (χ4v) is 0. The van der Waals surface area contributed by atoms with Gasteiger partial charge in [0.15, 0.2) is 0 Å². The van der Waals surface area contributed by atoms with E-state index >= 15 is 0 Å². The van der Waals surface area contributed by atoms with E-state index < -0.39 is 0 Å². The number of hydrogen-bond donors (Lipinski definition) is 1. The molecular formula is C10H27N. The second kappa shape index (κ2) is 22.5. The van der Waals surface area contributed by atoms with Gasteiger partial charge < -0.3 is 5.73 Å². The van der Waals surface area contributed by atoms with Gasteiger partial charge >= 0.3 is 0 Å². The molecule has 0 spiro atoms. The molecule has 0 rings (SSSR count). The Morgan fingerprint density at radius 3 is 1.09 bits per heavy atom. The Morgan fingerprint density at radius 2 is 1.09 bits per heavy atom. The van der Waals surface area contributed by atoms with E-state index in [1.165, 1.54) is 6.42 Å². The molecule has 0 aliphatic carbocycles. The molecule has 0 atom stereocenters. The number of rotatable bonds is 1. The van der Waals surface area contributed by atoms with E-state index in [0.29, 0.717) is 0 Å². The fraction of sp³-hybridized carbons (Fsp3) is 1.00. The lowest BCUT2D eigenvalue weighted by Crippen LogP contribution is -1.93. The summed E-state index contributed by atoms with van der Waals surface area (Å²) < 4.78 is 0. The quantitative estimate of drug-likeness (QED) is 0.626. The molecule has 1 nitrogen and oxygen atoms in total. The van der Waals surface area contributed by atoms with Crippen molar-refractivity contribution in [2.75, 3.05) is 6.54 Å². The van der Waals surface area contributed by atoms with Crippen molar-refractivity contribution in [1.29, 1.82) is 0 Å². The summed E-state index contributed by atoms with van der Waals surface area (Å²) >= 11 is 0. The van der Waals surface area contributed by atoms with Gasteiger partial charge in [0, 0.05) is 0 Å². The first-order valence-corrected chi connectivity index (χ1v) is 4.76. The molecule has 0 saturated carbocycles. The highest BCUT2D eigenvalue weighted by Gasteiger charge is 1.68.